The van der Waals surface area contributed by atoms with Crippen LogP contribution in [0.3, 0.4) is 0 Å². The minimum atomic E-state index is -0.525. The molecule has 2 amide bonds. The van der Waals surface area contributed by atoms with Gasteiger partial charge in [-0.15, -0.1) is 0 Å². The maximum Gasteiger partial charge on any atom is 0.328 e. The average Bonchev–Trinajstić information content (AvgIpc) is 2.46. The zero-order valence-corrected chi connectivity index (χ0v) is 11.6. The number of nitrogens with one attached hydrogen (secondary N) is 1. The van der Waals surface area contributed by atoms with Crippen molar-refractivity contribution in [2.45, 2.75) is 25.8 Å². The summed E-state index contributed by atoms with van der Waals surface area (Å²) in [7, 11) is 0. The van der Waals surface area contributed by atoms with Gasteiger partial charge in [-0.3, -0.25) is 19.4 Å². The molecule has 0 aromatic carbocycles. The van der Waals surface area contributed by atoms with Gasteiger partial charge in [0.15, 0.2) is 0 Å². The van der Waals surface area contributed by atoms with E-state index in [1.54, 1.807) is 4.90 Å². The lowest BCUT2D eigenvalue weighted by molar-refractivity contribution is -0.135. The molecule has 8 nitrogen and oxygen atoms in total. The number of hydrogen-bond acceptors (Lipinski definition) is 4. The zero-order valence-electron chi connectivity index (χ0n) is 11.6. The highest BCUT2D eigenvalue weighted by Gasteiger charge is 2.25. The Labute approximate surface area is 120 Å². The Bertz CT molecular complexity index is 640. The van der Waals surface area contributed by atoms with Gasteiger partial charge in [0.05, 0.1) is 0 Å². The summed E-state index contributed by atoms with van der Waals surface area (Å²) in [6, 6.07) is 1.24. The molecule has 1 aromatic heterocycles. The first-order valence-corrected chi connectivity index (χ1v) is 6.84. The number of aryl methyl sites for hydroxylation is 1. The van der Waals surface area contributed by atoms with Crippen LogP contribution < -0.4 is 17.0 Å². The fourth-order valence-electron chi connectivity index (χ4n) is 2.41. The predicted octanol–water partition coefficient (Wildman–Crippen LogP) is -1.35. The number of amides is 2. The standard InChI is InChI=1S/C13H18N4O4/c14-12(20)9-1-5-16(6-2-9)11(19)4-8-17-7-3-10(18)15-13(17)21/h3,7,9H,1-2,4-6,8H2,(H2,14,20)(H,15,18,21). The van der Waals surface area contributed by atoms with Crippen molar-refractivity contribution in [2.24, 2.45) is 11.7 Å². The molecule has 2 rings (SSSR count). The molecule has 0 spiro atoms. The molecular formula is C13H18N4O4. The Morgan fingerprint density at radius 1 is 1.29 bits per heavy atom. The minimum Gasteiger partial charge on any atom is -0.369 e. The van der Waals surface area contributed by atoms with Gasteiger partial charge in [-0.1, -0.05) is 0 Å². The molecule has 1 saturated heterocycles. The van der Waals surface area contributed by atoms with Gasteiger partial charge in [0, 0.05) is 44.2 Å². The quantitative estimate of drug-likeness (QED) is 0.713. The van der Waals surface area contributed by atoms with Gasteiger partial charge in [0.25, 0.3) is 5.56 Å². The van der Waals surface area contributed by atoms with Crippen LogP contribution in [-0.4, -0.2) is 39.4 Å². The maximum atomic E-state index is 12.0. The summed E-state index contributed by atoms with van der Waals surface area (Å²) < 4.78 is 1.29. The molecule has 1 aliphatic heterocycles. The molecule has 3 N–H and O–H groups in total. The van der Waals surface area contributed by atoms with E-state index >= 15 is 0 Å². The summed E-state index contributed by atoms with van der Waals surface area (Å²) in [6.07, 6.45) is 2.71. The van der Waals surface area contributed by atoms with Gasteiger partial charge in [-0.05, 0) is 12.8 Å². The number of H-pyrrole nitrogens is 1. The van der Waals surface area contributed by atoms with E-state index < -0.39 is 11.2 Å². The second-order valence-electron chi connectivity index (χ2n) is 5.11. The summed E-state index contributed by atoms with van der Waals surface area (Å²) in [6.45, 7) is 1.23. The van der Waals surface area contributed by atoms with Crippen molar-refractivity contribution in [1.82, 2.24) is 14.5 Å². The SMILES string of the molecule is NC(=O)C1CCN(C(=O)CCn2ccc(=O)[nH]c2=O)CC1. The van der Waals surface area contributed by atoms with Gasteiger partial charge in [0.2, 0.25) is 11.8 Å². The largest absolute Gasteiger partial charge is 0.369 e. The molecule has 0 saturated carbocycles. The highest BCUT2D eigenvalue weighted by atomic mass is 16.2. The van der Waals surface area contributed by atoms with Crippen LogP contribution in [0.15, 0.2) is 21.9 Å². The third-order valence-corrected chi connectivity index (χ3v) is 3.71. The van der Waals surface area contributed by atoms with Crippen LogP contribution in [0.1, 0.15) is 19.3 Å². The van der Waals surface area contributed by atoms with Crippen molar-refractivity contribution in [3.63, 3.8) is 0 Å². The van der Waals surface area contributed by atoms with E-state index in [4.69, 9.17) is 5.73 Å². The zero-order chi connectivity index (χ0) is 15.4. The third kappa shape index (κ3) is 3.80. The number of rotatable bonds is 4. The lowest BCUT2D eigenvalue weighted by atomic mass is 9.96. The van der Waals surface area contributed by atoms with E-state index in [9.17, 15) is 19.2 Å². The first kappa shape index (κ1) is 15.0. The maximum absolute atomic E-state index is 12.0. The number of aromatic nitrogens is 2. The van der Waals surface area contributed by atoms with Crippen LogP contribution in [0.25, 0.3) is 0 Å². The Morgan fingerprint density at radius 3 is 2.52 bits per heavy atom. The highest BCUT2D eigenvalue weighted by molar-refractivity contribution is 5.78. The lowest BCUT2D eigenvalue weighted by Gasteiger charge is -2.30. The third-order valence-electron chi connectivity index (χ3n) is 3.71. The molecule has 114 valence electrons. The number of carbonyl (C=O) groups is 2. The second kappa shape index (κ2) is 6.38. The highest BCUT2D eigenvalue weighted by Crippen LogP contribution is 2.17. The van der Waals surface area contributed by atoms with Crippen molar-refractivity contribution < 1.29 is 9.59 Å². The second-order valence-corrected chi connectivity index (χ2v) is 5.11. The molecule has 0 radical (unpaired) electrons. The number of piperidine rings is 1. The molecule has 8 heteroatoms. The van der Waals surface area contributed by atoms with E-state index in [2.05, 4.69) is 4.98 Å². The number of carbonyl (C=O) groups excluding carboxylic acids is 2. The van der Waals surface area contributed by atoms with Gasteiger partial charge in [-0.2, -0.15) is 0 Å². The first-order valence-electron chi connectivity index (χ1n) is 6.84. The van der Waals surface area contributed by atoms with E-state index in [-0.39, 0.29) is 30.7 Å². The molecular weight excluding hydrogens is 276 g/mol. The molecule has 2 heterocycles. The van der Waals surface area contributed by atoms with Crippen LogP contribution in [-0.2, 0) is 16.1 Å². The molecule has 21 heavy (non-hydrogen) atoms. The topological polar surface area (TPSA) is 118 Å². The average molecular weight is 294 g/mol. The van der Waals surface area contributed by atoms with Crippen molar-refractivity contribution in [2.75, 3.05) is 13.1 Å². The number of likely N-dealkylation sites (tertiary alicyclic amines) is 1. The minimum absolute atomic E-state index is 0.0731. The molecule has 0 atom stereocenters. The molecule has 0 aliphatic carbocycles. The molecule has 1 fully saturated rings. The van der Waals surface area contributed by atoms with E-state index in [0.29, 0.717) is 25.9 Å². The van der Waals surface area contributed by atoms with Crippen molar-refractivity contribution in [3.8, 4) is 0 Å². The number of aromatic amines is 1. The fourth-order valence-corrected chi connectivity index (χ4v) is 2.41. The van der Waals surface area contributed by atoms with Gasteiger partial charge < -0.3 is 15.2 Å². The van der Waals surface area contributed by atoms with Gasteiger partial charge in [0.1, 0.15) is 0 Å². The van der Waals surface area contributed by atoms with Gasteiger partial charge >= 0.3 is 5.69 Å². The van der Waals surface area contributed by atoms with Crippen LogP contribution in [0.2, 0.25) is 0 Å². The van der Waals surface area contributed by atoms with Crippen LogP contribution >= 0.6 is 0 Å². The fraction of sp³-hybridized carbons (Fsp3) is 0.538. The number of nitrogens with two attached hydrogens (primary N) is 1. The number of primary amides is 1. The van der Waals surface area contributed by atoms with Crippen molar-refractivity contribution in [3.05, 3.63) is 33.1 Å². The number of nitrogens with zero attached hydrogens (tertiary/aromatic N) is 2. The Balaban J connectivity index is 1.87. The normalized spacial score (nSPS) is 15.9. The summed E-state index contributed by atoms with van der Waals surface area (Å²) in [5.74, 6) is -0.547. The molecule has 1 aliphatic rings. The summed E-state index contributed by atoms with van der Waals surface area (Å²) in [5, 5.41) is 0. The molecule has 0 unspecified atom stereocenters. The van der Waals surface area contributed by atoms with Crippen LogP contribution in [0.5, 0.6) is 0 Å². The Morgan fingerprint density at radius 2 is 1.95 bits per heavy atom. The van der Waals surface area contributed by atoms with E-state index in [0.717, 1.165) is 0 Å². The lowest BCUT2D eigenvalue weighted by Crippen LogP contribution is -2.42. The number of hydrogen-bond donors (Lipinski definition) is 2. The van der Waals surface area contributed by atoms with Crippen molar-refractivity contribution >= 4 is 11.8 Å². The summed E-state index contributed by atoms with van der Waals surface area (Å²) >= 11 is 0. The Hall–Kier alpha value is -2.38. The van der Waals surface area contributed by atoms with Crippen LogP contribution in [0.4, 0.5) is 0 Å². The molecule has 0 bridgehead atoms. The monoisotopic (exact) mass is 294 g/mol. The predicted molar refractivity (Wildman–Crippen MR) is 74.4 cm³/mol. The van der Waals surface area contributed by atoms with Gasteiger partial charge in [-0.25, -0.2) is 4.79 Å². The summed E-state index contributed by atoms with van der Waals surface area (Å²) in [5.41, 5.74) is 4.26. The van der Waals surface area contributed by atoms with Crippen molar-refractivity contribution in [1.29, 1.82) is 0 Å². The smallest absolute Gasteiger partial charge is 0.328 e. The summed E-state index contributed by atoms with van der Waals surface area (Å²) in [4.78, 5) is 49.3. The van der Waals surface area contributed by atoms with Crippen LogP contribution in [0, 0.1) is 5.92 Å². The Kier molecular flexibility index (Phi) is 4.56. The first-order chi connectivity index (χ1) is 9.97. The van der Waals surface area contributed by atoms with E-state index in [1.165, 1.54) is 16.8 Å². The van der Waals surface area contributed by atoms with E-state index in [1.807, 2.05) is 0 Å². The molecule has 1 aromatic rings.